The van der Waals surface area contributed by atoms with Crippen molar-refractivity contribution in [3.63, 3.8) is 0 Å². The minimum atomic E-state index is -0.289. The van der Waals surface area contributed by atoms with E-state index in [4.69, 9.17) is 4.74 Å². The van der Waals surface area contributed by atoms with Gasteiger partial charge in [0.15, 0.2) is 0 Å². The van der Waals surface area contributed by atoms with Gasteiger partial charge in [0.2, 0.25) is 0 Å². The molecule has 0 saturated carbocycles. The van der Waals surface area contributed by atoms with Gasteiger partial charge in [-0.1, -0.05) is 24.3 Å². The van der Waals surface area contributed by atoms with Gasteiger partial charge < -0.3 is 15.4 Å². The summed E-state index contributed by atoms with van der Waals surface area (Å²) in [5, 5.41) is 5.63. The van der Waals surface area contributed by atoms with Crippen molar-refractivity contribution in [1.29, 1.82) is 0 Å². The molecule has 20 heavy (non-hydrogen) atoms. The van der Waals surface area contributed by atoms with Crippen LogP contribution in [0.15, 0.2) is 42.5 Å². The summed E-state index contributed by atoms with van der Waals surface area (Å²) in [6.45, 7) is 3.91. The van der Waals surface area contributed by atoms with Crippen LogP contribution in [0.3, 0.4) is 0 Å². The van der Waals surface area contributed by atoms with E-state index in [1.54, 1.807) is 7.11 Å². The molecule has 2 aromatic carbocycles. The number of carbonyl (C=O) groups excluding carboxylic acids is 1. The van der Waals surface area contributed by atoms with Gasteiger partial charge in [-0.3, -0.25) is 0 Å². The Hall–Kier alpha value is -2.49. The highest BCUT2D eigenvalue weighted by Crippen LogP contribution is 2.25. The Labute approximate surface area is 118 Å². The van der Waals surface area contributed by atoms with Gasteiger partial charge in [0.05, 0.1) is 12.8 Å². The summed E-state index contributed by atoms with van der Waals surface area (Å²) in [7, 11) is 1.58. The predicted octanol–water partition coefficient (Wildman–Crippen LogP) is 3.96. The van der Waals surface area contributed by atoms with E-state index in [1.807, 2.05) is 56.3 Å². The Bertz CT molecular complexity index is 624. The van der Waals surface area contributed by atoms with Gasteiger partial charge in [-0.15, -0.1) is 0 Å². The molecule has 0 radical (unpaired) electrons. The average molecular weight is 270 g/mol. The largest absolute Gasteiger partial charge is 0.495 e. The SMILES string of the molecule is COc1ccc(C)cc1NC(=O)Nc1ccccc1C. The number of carbonyl (C=O) groups is 1. The molecule has 2 rings (SSSR count). The topological polar surface area (TPSA) is 50.4 Å². The fraction of sp³-hybridized carbons (Fsp3) is 0.188. The van der Waals surface area contributed by atoms with Crippen LogP contribution in [0.5, 0.6) is 5.75 Å². The number of ether oxygens (including phenoxy) is 1. The normalized spacial score (nSPS) is 9.95. The van der Waals surface area contributed by atoms with Crippen LogP contribution >= 0.6 is 0 Å². The summed E-state index contributed by atoms with van der Waals surface area (Å²) < 4.78 is 5.23. The lowest BCUT2D eigenvalue weighted by molar-refractivity contribution is 0.262. The van der Waals surface area contributed by atoms with E-state index in [0.29, 0.717) is 11.4 Å². The molecule has 0 bridgehead atoms. The maximum atomic E-state index is 12.0. The molecular formula is C16H18N2O2. The number of rotatable bonds is 3. The van der Waals surface area contributed by atoms with E-state index in [2.05, 4.69) is 10.6 Å². The second kappa shape index (κ2) is 6.10. The molecule has 0 heterocycles. The monoisotopic (exact) mass is 270 g/mol. The highest BCUT2D eigenvalue weighted by molar-refractivity contribution is 6.01. The highest BCUT2D eigenvalue weighted by Gasteiger charge is 2.08. The van der Waals surface area contributed by atoms with E-state index in [1.165, 1.54) is 0 Å². The maximum Gasteiger partial charge on any atom is 0.323 e. The van der Waals surface area contributed by atoms with Crippen molar-refractivity contribution >= 4 is 17.4 Å². The van der Waals surface area contributed by atoms with Gasteiger partial charge in [-0.05, 0) is 43.2 Å². The lowest BCUT2D eigenvalue weighted by atomic mass is 10.2. The van der Waals surface area contributed by atoms with Gasteiger partial charge in [0, 0.05) is 5.69 Å². The summed E-state index contributed by atoms with van der Waals surface area (Å²) in [5.74, 6) is 0.635. The Morgan fingerprint density at radius 1 is 1.00 bits per heavy atom. The number of amides is 2. The van der Waals surface area contributed by atoms with Crippen molar-refractivity contribution in [3.8, 4) is 5.75 Å². The average Bonchev–Trinajstić information content (AvgIpc) is 2.41. The van der Waals surface area contributed by atoms with Gasteiger partial charge in [-0.25, -0.2) is 4.79 Å². The second-order valence-electron chi connectivity index (χ2n) is 4.60. The molecular weight excluding hydrogens is 252 g/mol. The molecule has 0 aliphatic rings. The Kier molecular flexibility index (Phi) is 4.25. The summed E-state index contributed by atoms with van der Waals surface area (Å²) in [5.41, 5.74) is 3.51. The van der Waals surface area contributed by atoms with Crippen LogP contribution in [0.4, 0.5) is 16.2 Å². The zero-order valence-electron chi connectivity index (χ0n) is 11.9. The standard InChI is InChI=1S/C16H18N2O2/c1-11-8-9-15(20-3)14(10-11)18-16(19)17-13-7-5-4-6-12(13)2/h4-10H,1-3H3,(H2,17,18,19). The summed E-state index contributed by atoms with van der Waals surface area (Å²) in [6, 6.07) is 13.0. The molecule has 0 aliphatic heterocycles. The van der Waals surface area contributed by atoms with Crippen LogP contribution in [-0.4, -0.2) is 13.1 Å². The molecule has 0 atom stereocenters. The molecule has 2 N–H and O–H groups in total. The number of benzene rings is 2. The third-order valence-electron chi connectivity index (χ3n) is 3.00. The van der Waals surface area contributed by atoms with E-state index in [0.717, 1.165) is 16.8 Å². The minimum Gasteiger partial charge on any atom is -0.495 e. The van der Waals surface area contributed by atoms with Crippen LogP contribution in [0, 0.1) is 13.8 Å². The number of aryl methyl sites for hydroxylation is 2. The molecule has 2 amide bonds. The summed E-state index contributed by atoms with van der Waals surface area (Å²) in [6.07, 6.45) is 0. The van der Waals surface area contributed by atoms with Crippen LogP contribution in [0.2, 0.25) is 0 Å². The van der Waals surface area contributed by atoms with Crippen molar-refractivity contribution in [3.05, 3.63) is 53.6 Å². The number of hydrogen-bond acceptors (Lipinski definition) is 2. The van der Waals surface area contributed by atoms with Crippen LogP contribution in [-0.2, 0) is 0 Å². The van der Waals surface area contributed by atoms with Crippen molar-refractivity contribution in [2.45, 2.75) is 13.8 Å². The first-order chi connectivity index (χ1) is 9.60. The Balaban J connectivity index is 2.12. The summed E-state index contributed by atoms with van der Waals surface area (Å²) >= 11 is 0. The fourth-order valence-electron chi connectivity index (χ4n) is 1.91. The number of para-hydroxylation sites is 1. The molecule has 0 spiro atoms. The Morgan fingerprint density at radius 2 is 1.70 bits per heavy atom. The highest BCUT2D eigenvalue weighted by atomic mass is 16.5. The summed E-state index contributed by atoms with van der Waals surface area (Å²) in [4.78, 5) is 12.0. The second-order valence-corrected chi connectivity index (χ2v) is 4.60. The lowest BCUT2D eigenvalue weighted by Crippen LogP contribution is -2.20. The van der Waals surface area contributed by atoms with Crippen LogP contribution < -0.4 is 15.4 Å². The first-order valence-corrected chi connectivity index (χ1v) is 6.38. The molecule has 0 aliphatic carbocycles. The minimum absolute atomic E-state index is 0.289. The zero-order valence-corrected chi connectivity index (χ0v) is 11.9. The van der Waals surface area contributed by atoms with Gasteiger partial charge in [0.1, 0.15) is 5.75 Å². The van der Waals surface area contributed by atoms with Crippen molar-refractivity contribution < 1.29 is 9.53 Å². The number of urea groups is 1. The van der Waals surface area contributed by atoms with E-state index in [-0.39, 0.29) is 6.03 Å². The first-order valence-electron chi connectivity index (χ1n) is 6.38. The van der Waals surface area contributed by atoms with E-state index in [9.17, 15) is 4.79 Å². The molecule has 4 heteroatoms. The van der Waals surface area contributed by atoms with Crippen molar-refractivity contribution in [2.24, 2.45) is 0 Å². The number of methoxy groups -OCH3 is 1. The Morgan fingerprint density at radius 3 is 2.40 bits per heavy atom. The number of anilines is 2. The lowest BCUT2D eigenvalue weighted by Gasteiger charge is -2.13. The number of nitrogens with one attached hydrogen (secondary N) is 2. The molecule has 0 aromatic heterocycles. The van der Waals surface area contributed by atoms with Crippen molar-refractivity contribution in [2.75, 3.05) is 17.7 Å². The quantitative estimate of drug-likeness (QED) is 0.887. The molecule has 0 fully saturated rings. The third kappa shape index (κ3) is 3.29. The maximum absolute atomic E-state index is 12.0. The van der Waals surface area contributed by atoms with E-state index < -0.39 is 0 Å². The first kappa shape index (κ1) is 13.9. The molecule has 4 nitrogen and oxygen atoms in total. The molecule has 0 saturated heterocycles. The predicted molar refractivity (Wildman–Crippen MR) is 81.6 cm³/mol. The van der Waals surface area contributed by atoms with Crippen molar-refractivity contribution in [1.82, 2.24) is 0 Å². The number of hydrogen-bond donors (Lipinski definition) is 2. The third-order valence-corrected chi connectivity index (χ3v) is 3.00. The van der Waals surface area contributed by atoms with E-state index >= 15 is 0 Å². The van der Waals surface area contributed by atoms with Gasteiger partial charge in [0.25, 0.3) is 0 Å². The molecule has 0 unspecified atom stereocenters. The molecule has 2 aromatic rings. The van der Waals surface area contributed by atoms with Crippen LogP contribution in [0.1, 0.15) is 11.1 Å². The molecule has 104 valence electrons. The zero-order chi connectivity index (χ0) is 14.5. The van der Waals surface area contributed by atoms with Gasteiger partial charge >= 0.3 is 6.03 Å². The smallest absolute Gasteiger partial charge is 0.323 e. The fourth-order valence-corrected chi connectivity index (χ4v) is 1.91. The van der Waals surface area contributed by atoms with Crippen LogP contribution in [0.25, 0.3) is 0 Å². The van der Waals surface area contributed by atoms with Gasteiger partial charge in [-0.2, -0.15) is 0 Å².